The Kier molecular flexibility index (Phi) is 5.33. The molecule has 0 spiro atoms. The normalized spacial score (nSPS) is 13.3. The van der Waals surface area contributed by atoms with E-state index in [2.05, 4.69) is 10.4 Å². The second kappa shape index (κ2) is 7.83. The van der Waals surface area contributed by atoms with Crippen LogP contribution in [0.25, 0.3) is 0 Å². The number of benzene rings is 1. The first-order valence-corrected chi connectivity index (χ1v) is 8.27. The first-order chi connectivity index (χ1) is 12.2. The summed E-state index contributed by atoms with van der Waals surface area (Å²) in [6.45, 7) is 0.580. The molecule has 2 aromatic rings. The number of carbonyl (C=O) groups excluding carboxylic acids is 1. The van der Waals surface area contributed by atoms with Gasteiger partial charge in [-0.2, -0.15) is 5.10 Å². The molecule has 0 unspecified atom stereocenters. The second-order valence-corrected chi connectivity index (χ2v) is 5.91. The van der Waals surface area contributed by atoms with Crippen molar-refractivity contribution in [2.75, 3.05) is 20.3 Å². The maximum Gasteiger partial charge on any atom is 0.266 e. The Morgan fingerprint density at radius 2 is 1.92 bits per heavy atom. The number of methoxy groups -OCH3 is 1. The number of hydrogen-bond donors (Lipinski definition) is 1. The fourth-order valence-corrected chi connectivity index (χ4v) is 2.39. The van der Waals surface area contributed by atoms with Gasteiger partial charge in [-0.25, -0.2) is 4.68 Å². The molecule has 1 N–H and O–H groups in total. The van der Waals surface area contributed by atoms with Crippen molar-refractivity contribution in [3.63, 3.8) is 0 Å². The van der Waals surface area contributed by atoms with Gasteiger partial charge in [-0.1, -0.05) is 0 Å². The molecule has 3 rings (SSSR count). The molecule has 1 aliphatic rings. The van der Waals surface area contributed by atoms with Crippen LogP contribution in [0.15, 0.2) is 41.2 Å². The number of nitrogens with one attached hydrogen (secondary N) is 1. The zero-order valence-electron chi connectivity index (χ0n) is 14.1. The molecule has 132 valence electrons. The van der Waals surface area contributed by atoms with E-state index >= 15 is 0 Å². The Balaban J connectivity index is 1.43. The number of hydrogen-bond acceptors (Lipinski definition) is 5. The van der Waals surface area contributed by atoms with Gasteiger partial charge in [0.15, 0.2) is 6.61 Å². The van der Waals surface area contributed by atoms with E-state index in [-0.39, 0.29) is 18.1 Å². The standard InChI is InChI=1S/C18H21N3O4/c1-24-14-4-6-15(7-5-14)25-12-17(22)19-10-11-21-18(23)9-8-16(20-21)13-2-3-13/h4-9,13H,2-3,10-12H2,1H3,(H,19,22). The van der Waals surface area contributed by atoms with Crippen molar-refractivity contribution in [2.45, 2.75) is 25.3 Å². The number of ether oxygens (including phenoxy) is 2. The highest BCUT2D eigenvalue weighted by molar-refractivity contribution is 5.77. The minimum Gasteiger partial charge on any atom is -0.497 e. The molecule has 1 aliphatic carbocycles. The number of aromatic nitrogens is 2. The predicted octanol–water partition coefficient (Wildman–Crippen LogP) is 1.32. The molecule has 7 nitrogen and oxygen atoms in total. The maximum absolute atomic E-state index is 11.8. The van der Waals surface area contributed by atoms with Crippen LogP contribution in [-0.2, 0) is 11.3 Å². The fourth-order valence-electron chi connectivity index (χ4n) is 2.39. The topological polar surface area (TPSA) is 82.4 Å². The molecular formula is C18H21N3O4. The van der Waals surface area contributed by atoms with Gasteiger partial charge >= 0.3 is 0 Å². The van der Waals surface area contributed by atoms with Gasteiger partial charge in [-0.15, -0.1) is 0 Å². The summed E-state index contributed by atoms with van der Waals surface area (Å²) in [5.41, 5.74) is 0.793. The van der Waals surface area contributed by atoms with E-state index in [1.165, 1.54) is 10.7 Å². The van der Waals surface area contributed by atoms with Crippen molar-refractivity contribution in [3.8, 4) is 11.5 Å². The summed E-state index contributed by atoms with van der Waals surface area (Å²) < 4.78 is 11.9. The molecule has 0 aliphatic heterocycles. The Bertz CT molecular complexity index is 782. The van der Waals surface area contributed by atoms with Gasteiger partial charge in [0.1, 0.15) is 11.5 Å². The van der Waals surface area contributed by atoms with Gasteiger partial charge in [0.2, 0.25) is 0 Å². The summed E-state index contributed by atoms with van der Waals surface area (Å²) in [4.78, 5) is 23.6. The van der Waals surface area contributed by atoms with E-state index < -0.39 is 0 Å². The first kappa shape index (κ1) is 17.0. The third kappa shape index (κ3) is 4.82. The molecule has 7 heteroatoms. The van der Waals surface area contributed by atoms with Gasteiger partial charge < -0.3 is 14.8 Å². The van der Waals surface area contributed by atoms with E-state index in [9.17, 15) is 9.59 Å². The van der Waals surface area contributed by atoms with E-state index in [0.717, 1.165) is 24.3 Å². The van der Waals surface area contributed by atoms with Crippen molar-refractivity contribution in [2.24, 2.45) is 0 Å². The van der Waals surface area contributed by atoms with Gasteiger partial charge in [0.25, 0.3) is 11.5 Å². The van der Waals surface area contributed by atoms with E-state index in [1.807, 2.05) is 0 Å². The van der Waals surface area contributed by atoms with Gasteiger partial charge in [-0.3, -0.25) is 9.59 Å². The summed E-state index contributed by atoms with van der Waals surface area (Å²) in [5.74, 6) is 1.55. The molecule has 1 heterocycles. The monoisotopic (exact) mass is 343 g/mol. The molecule has 0 saturated heterocycles. The lowest BCUT2D eigenvalue weighted by atomic mass is 10.3. The van der Waals surface area contributed by atoms with Crippen molar-refractivity contribution < 1.29 is 14.3 Å². The van der Waals surface area contributed by atoms with Crippen molar-refractivity contribution in [3.05, 3.63) is 52.4 Å². The van der Waals surface area contributed by atoms with Crippen molar-refractivity contribution >= 4 is 5.91 Å². The van der Waals surface area contributed by atoms with E-state index in [1.54, 1.807) is 37.4 Å². The maximum atomic E-state index is 11.8. The van der Waals surface area contributed by atoms with E-state index in [0.29, 0.717) is 24.8 Å². The third-order valence-corrected chi connectivity index (χ3v) is 3.96. The molecule has 1 saturated carbocycles. The molecule has 0 radical (unpaired) electrons. The first-order valence-electron chi connectivity index (χ1n) is 8.27. The van der Waals surface area contributed by atoms with Crippen LogP contribution >= 0.6 is 0 Å². The predicted molar refractivity (Wildman–Crippen MR) is 92.0 cm³/mol. The minimum absolute atomic E-state index is 0.0865. The van der Waals surface area contributed by atoms with Crippen LogP contribution in [0.1, 0.15) is 24.5 Å². The molecule has 1 amide bonds. The van der Waals surface area contributed by atoms with Crippen LogP contribution in [0.2, 0.25) is 0 Å². The Labute approximate surface area is 145 Å². The van der Waals surface area contributed by atoms with Crippen molar-refractivity contribution in [1.82, 2.24) is 15.1 Å². The smallest absolute Gasteiger partial charge is 0.266 e. The number of amides is 1. The molecular weight excluding hydrogens is 322 g/mol. The second-order valence-electron chi connectivity index (χ2n) is 5.91. The van der Waals surface area contributed by atoms with Crippen molar-refractivity contribution in [1.29, 1.82) is 0 Å². The molecule has 1 aromatic heterocycles. The summed E-state index contributed by atoms with van der Waals surface area (Å²) in [7, 11) is 1.59. The fraction of sp³-hybridized carbons (Fsp3) is 0.389. The Hall–Kier alpha value is -2.83. The zero-order valence-corrected chi connectivity index (χ0v) is 14.1. The molecule has 0 bridgehead atoms. The minimum atomic E-state index is -0.248. The van der Waals surface area contributed by atoms with Crippen LogP contribution in [-0.4, -0.2) is 35.9 Å². The van der Waals surface area contributed by atoms with Crippen LogP contribution in [0, 0.1) is 0 Å². The number of carbonyl (C=O) groups is 1. The number of rotatable bonds is 8. The SMILES string of the molecule is COc1ccc(OCC(=O)NCCn2nc(C3CC3)ccc2=O)cc1. The molecule has 1 fully saturated rings. The lowest BCUT2D eigenvalue weighted by Crippen LogP contribution is -2.34. The number of nitrogens with zero attached hydrogens (tertiary/aromatic N) is 2. The molecule has 25 heavy (non-hydrogen) atoms. The average molecular weight is 343 g/mol. The summed E-state index contributed by atoms with van der Waals surface area (Å²) in [6.07, 6.45) is 2.26. The molecule has 1 aromatic carbocycles. The summed E-state index contributed by atoms with van der Waals surface area (Å²) >= 11 is 0. The van der Waals surface area contributed by atoms with Crippen LogP contribution in [0.5, 0.6) is 11.5 Å². The van der Waals surface area contributed by atoms with Gasteiger partial charge in [0.05, 0.1) is 19.3 Å². The third-order valence-electron chi connectivity index (χ3n) is 3.96. The van der Waals surface area contributed by atoms with Crippen LogP contribution < -0.4 is 20.3 Å². The average Bonchev–Trinajstić information content (AvgIpc) is 3.47. The highest BCUT2D eigenvalue weighted by Gasteiger charge is 2.25. The quantitative estimate of drug-likeness (QED) is 0.782. The summed E-state index contributed by atoms with van der Waals surface area (Å²) in [5, 5.41) is 7.08. The lowest BCUT2D eigenvalue weighted by Gasteiger charge is -2.09. The van der Waals surface area contributed by atoms with Gasteiger partial charge in [-0.05, 0) is 43.2 Å². The highest BCUT2D eigenvalue weighted by Crippen LogP contribution is 2.38. The Morgan fingerprint density at radius 3 is 2.60 bits per heavy atom. The zero-order chi connectivity index (χ0) is 17.6. The van der Waals surface area contributed by atoms with Gasteiger partial charge in [0, 0.05) is 18.5 Å². The largest absolute Gasteiger partial charge is 0.497 e. The summed E-state index contributed by atoms with van der Waals surface area (Å²) in [6, 6.07) is 10.3. The molecule has 0 atom stereocenters. The Morgan fingerprint density at radius 1 is 1.20 bits per heavy atom. The van der Waals surface area contributed by atoms with Crippen LogP contribution in [0.3, 0.4) is 0 Å². The van der Waals surface area contributed by atoms with Crippen LogP contribution in [0.4, 0.5) is 0 Å². The van der Waals surface area contributed by atoms with E-state index in [4.69, 9.17) is 9.47 Å². The highest BCUT2D eigenvalue weighted by atomic mass is 16.5. The lowest BCUT2D eigenvalue weighted by molar-refractivity contribution is -0.123.